The molecule has 2 aromatic rings. The van der Waals surface area contributed by atoms with Crippen molar-refractivity contribution in [2.75, 3.05) is 5.32 Å². The molecule has 0 aliphatic heterocycles. The van der Waals surface area contributed by atoms with Gasteiger partial charge in [0, 0.05) is 23.4 Å². The van der Waals surface area contributed by atoms with Gasteiger partial charge in [0.25, 0.3) is 0 Å². The first-order valence-corrected chi connectivity index (χ1v) is 9.47. The van der Waals surface area contributed by atoms with Crippen molar-refractivity contribution < 1.29 is 9.59 Å². The number of aryl methyl sites for hydroxylation is 1. The van der Waals surface area contributed by atoms with E-state index >= 15 is 0 Å². The lowest BCUT2D eigenvalue weighted by atomic mass is 9.90. The number of halogens is 2. The van der Waals surface area contributed by atoms with E-state index in [9.17, 15) is 9.59 Å². The molecule has 0 fully saturated rings. The first kappa shape index (κ1) is 19.4. The summed E-state index contributed by atoms with van der Waals surface area (Å²) in [4.78, 5) is 24.0. The van der Waals surface area contributed by atoms with Crippen molar-refractivity contribution in [3.05, 3.63) is 63.6 Å². The summed E-state index contributed by atoms with van der Waals surface area (Å²) in [5.74, 6) is -0.604. The van der Waals surface area contributed by atoms with Crippen LogP contribution in [0.2, 0.25) is 10.0 Å². The number of fused-ring (bicyclic) bond motifs is 1. The summed E-state index contributed by atoms with van der Waals surface area (Å²) in [7, 11) is 0. The quantitative estimate of drug-likeness (QED) is 0.717. The average Bonchev–Trinajstić information content (AvgIpc) is 2.67. The summed E-state index contributed by atoms with van der Waals surface area (Å²) in [6.45, 7) is 0. The van der Waals surface area contributed by atoms with Gasteiger partial charge in [-0.15, -0.1) is 0 Å². The minimum Gasteiger partial charge on any atom is -0.325 e. The Kier molecular flexibility index (Phi) is 6.48. The minimum atomic E-state index is -0.303. The van der Waals surface area contributed by atoms with Gasteiger partial charge in [0.05, 0.1) is 16.4 Å². The summed E-state index contributed by atoms with van der Waals surface area (Å²) in [6, 6.07) is 12.9. The first-order chi connectivity index (χ1) is 13.0. The molecular formula is C20H19Cl2N3O2. The van der Waals surface area contributed by atoms with Crippen LogP contribution in [-0.4, -0.2) is 17.5 Å². The van der Waals surface area contributed by atoms with E-state index in [4.69, 9.17) is 23.2 Å². The number of nitrogens with one attached hydrogen (secondary N) is 2. The van der Waals surface area contributed by atoms with E-state index in [-0.39, 0.29) is 24.7 Å². The van der Waals surface area contributed by atoms with Crippen LogP contribution in [0.25, 0.3) is 0 Å². The number of nitrogens with zero attached hydrogens (tertiary/aromatic N) is 1. The van der Waals surface area contributed by atoms with Crippen molar-refractivity contribution in [3.63, 3.8) is 0 Å². The molecule has 2 aromatic carbocycles. The highest BCUT2D eigenvalue weighted by molar-refractivity contribution is 6.36. The molecule has 0 radical (unpaired) electrons. The number of anilines is 1. The standard InChI is InChI=1S/C20H19Cl2N3O2/c21-14-8-9-18(16(22)12-14)23-19(26)10-11-20(27)25-24-17-7-3-5-13-4-1-2-6-15(13)17/h1-2,4,6,8-9,12H,3,5,7,10-11H2,(H,23,26)(H,25,27). The van der Waals surface area contributed by atoms with Gasteiger partial charge in [-0.2, -0.15) is 5.10 Å². The third kappa shape index (κ3) is 5.31. The van der Waals surface area contributed by atoms with E-state index in [1.54, 1.807) is 18.2 Å². The van der Waals surface area contributed by atoms with Crippen LogP contribution in [0.4, 0.5) is 5.69 Å². The van der Waals surface area contributed by atoms with Gasteiger partial charge in [0.15, 0.2) is 0 Å². The van der Waals surface area contributed by atoms with Crippen LogP contribution in [0, 0.1) is 0 Å². The zero-order chi connectivity index (χ0) is 19.2. The molecule has 0 unspecified atom stereocenters. The largest absolute Gasteiger partial charge is 0.325 e. The Morgan fingerprint density at radius 3 is 2.59 bits per heavy atom. The maximum atomic E-state index is 12.0. The van der Waals surface area contributed by atoms with E-state index < -0.39 is 0 Å². The fourth-order valence-electron chi connectivity index (χ4n) is 2.93. The number of hydrogen-bond acceptors (Lipinski definition) is 3. The lowest BCUT2D eigenvalue weighted by molar-refractivity contribution is -0.124. The second-order valence-electron chi connectivity index (χ2n) is 6.28. The molecule has 0 saturated carbocycles. The fraction of sp³-hybridized carbons (Fsp3) is 0.250. The molecule has 5 nitrogen and oxygen atoms in total. The summed E-state index contributed by atoms with van der Waals surface area (Å²) >= 11 is 11.8. The molecule has 27 heavy (non-hydrogen) atoms. The smallest absolute Gasteiger partial charge is 0.240 e. The van der Waals surface area contributed by atoms with Crippen LogP contribution >= 0.6 is 23.2 Å². The molecule has 1 aliphatic carbocycles. The monoisotopic (exact) mass is 403 g/mol. The van der Waals surface area contributed by atoms with Gasteiger partial charge in [-0.05, 0) is 43.0 Å². The highest BCUT2D eigenvalue weighted by Gasteiger charge is 2.15. The van der Waals surface area contributed by atoms with E-state index in [2.05, 4.69) is 21.9 Å². The molecular weight excluding hydrogens is 385 g/mol. The normalized spacial score (nSPS) is 14.5. The molecule has 3 rings (SSSR count). The van der Waals surface area contributed by atoms with Gasteiger partial charge in [-0.1, -0.05) is 47.5 Å². The van der Waals surface area contributed by atoms with E-state index in [0.717, 1.165) is 30.5 Å². The van der Waals surface area contributed by atoms with E-state index in [1.165, 1.54) is 5.56 Å². The van der Waals surface area contributed by atoms with Crippen molar-refractivity contribution in [2.24, 2.45) is 5.10 Å². The Labute approximate surface area is 167 Å². The summed E-state index contributed by atoms with van der Waals surface area (Å²) < 4.78 is 0. The SMILES string of the molecule is O=C(CCC(=O)Nc1ccc(Cl)cc1Cl)NN=C1CCCc2ccccc21. The Bertz CT molecular complexity index is 897. The predicted molar refractivity (Wildman–Crippen MR) is 108 cm³/mol. The highest BCUT2D eigenvalue weighted by atomic mass is 35.5. The number of amides is 2. The lowest BCUT2D eigenvalue weighted by Gasteiger charge is -2.17. The second kappa shape index (κ2) is 9.02. The molecule has 0 atom stereocenters. The van der Waals surface area contributed by atoms with Crippen molar-refractivity contribution in [2.45, 2.75) is 32.1 Å². The van der Waals surface area contributed by atoms with Crippen LogP contribution in [0.5, 0.6) is 0 Å². The predicted octanol–water partition coefficient (Wildman–Crippen LogP) is 4.57. The zero-order valence-electron chi connectivity index (χ0n) is 14.6. The van der Waals surface area contributed by atoms with Crippen molar-refractivity contribution in [1.29, 1.82) is 0 Å². The third-order valence-electron chi connectivity index (χ3n) is 4.29. The molecule has 0 saturated heterocycles. The molecule has 0 heterocycles. The summed E-state index contributed by atoms with van der Waals surface area (Å²) in [6.07, 6.45) is 2.93. The van der Waals surface area contributed by atoms with Crippen LogP contribution in [0.3, 0.4) is 0 Å². The maximum Gasteiger partial charge on any atom is 0.240 e. The molecule has 0 spiro atoms. The van der Waals surface area contributed by atoms with Crippen molar-refractivity contribution in [3.8, 4) is 0 Å². The van der Waals surface area contributed by atoms with Crippen LogP contribution in [0.1, 0.15) is 36.8 Å². The van der Waals surface area contributed by atoms with Crippen molar-refractivity contribution in [1.82, 2.24) is 5.43 Å². The molecule has 0 aromatic heterocycles. The van der Waals surface area contributed by atoms with Gasteiger partial charge < -0.3 is 5.32 Å². The number of rotatable bonds is 5. The maximum absolute atomic E-state index is 12.0. The molecule has 1 aliphatic rings. The third-order valence-corrected chi connectivity index (χ3v) is 4.84. The Balaban J connectivity index is 1.51. The Morgan fingerprint density at radius 1 is 1.00 bits per heavy atom. The number of carbonyl (C=O) groups is 2. The Hall–Kier alpha value is -2.37. The van der Waals surface area contributed by atoms with Crippen molar-refractivity contribution >= 4 is 46.4 Å². The fourth-order valence-corrected chi connectivity index (χ4v) is 3.39. The molecule has 0 bridgehead atoms. The van der Waals surface area contributed by atoms with Gasteiger partial charge in [-0.25, -0.2) is 5.43 Å². The number of hydrogen-bond donors (Lipinski definition) is 2. The van der Waals surface area contributed by atoms with Gasteiger partial charge in [-0.3, -0.25) is 9.59 Å². The molecule has 140 valence electrons. The molecule has 2 amide bonds. The topological polar surface area (TPSA) is 70.6 Å². The average molecular weight is 404 g/mol. The number of carbonyl (C=O) groups excluding carboxylic acids is 2. The molecule has 7 heteroatoms. The number of hydrazone groups is 1. The minimum absolute atomic E-state index is 0.0340. The second-order valence-corrected chi connectivity index (χ2v) is 7.12. The first-order valence-electron chi connectivity index (χ1n) is 8.71. The highest BCUT2D eigenvalue weighted by Crippen LogP contribution is 2.25. The van der Waals surface area contributed by atoms with Gasteiger partial charge >= 0.3 is 0 Å². The van der Waals surface area contributed by atoms with Gasteiger partial charge in [0.1, 0.15) is 0 Å². The molecule has 2 N–H and O–H groups in total. The van der Waals surface area contributed by atoms with Crippen LogP contribution < -0.4 is 10.7 Å². The Morgan fingerprint density at radius 2 is 1.78 bits per heavy atom. The summed E-state index contributed by atoms with van der Waals surface area (Å²) in [5.41, 5.74) is 6.23. The van der Waals surface area contributed by atoms with Crippen LogP contribution in [0.15, 0.2) is 47.6 Å². The van der Waals surface area contributed by atoms with Gasteiger partial charge in [0.2, 0.25) is 11.8 Å². The van der Waals surface area contributed by atoms with Crippen LogP contribution in [-0.2, 0) is 16.0 Å². The van der Waals surface area contributed by atoms with E-state index in [1.807, 2.05) is 18.2 Å². The number of benzene rings is 2. The summed E-state index contributed by atoms with van der Waals surface area (Å²) in [5, 5.41) is 7.76. The lowest BCUT2D eigenvalue weighted by Crippen LogP contribution is -2.23. The van der Waals surface area contributed by atoms with E-state index in [0.29, 0.717) is 15.7 Å². The zero-order valence-corrected chi connectivity index (χ0v) is 16.1.